The van der Waals surface area contributed by atoms with Crippen LogP contribution in [-0.2, 0) is 4.79 Å². The van der Waals surface area contributed by atoms with E-state index in [9.17, 15) is 4.79 Å². The summed E-state index contributed by atoms with van der Waals surface area (Å²) in [6.07, 6.45) is 0.562. The number of anilines is 1. The van der Waals surface area contributed by atoms with Crippen LogP contribution in [0.3, 0.4) is 0 Å². The van der Waals surface area contributed by atoms with Crippen LogP contribution in [0.15, 0.2) is 18.2 Å². The van der Waals surface area contributed by atoms with Gasteiger partial charge in [0.1, 0.15) is 5.75 Å². The molecule has 2 heterocycles. The highest BCUT2D eigenvalue weighted by Crippen LogP contribution is 2.29. The van der Waals surface area contributed by atoms with Crippen molar-refractivity contribution in [3.05, 3.63) is 18.2 Å². The molecule has 1 amide bonds. The molecule has 0 radical (unpaired) electrons. The van der Waals surface area contributed by atoms with Gasteiger partial charge in [0.25, 0.3) is 0 Å². The highest BCUT2D eigenvalue weighted by Gasteiger charge is 2.20. The first-order valence-electron chi connectivity index (χ1n) is 6.20. The number of methoxy groups -OCH3 is 1. The van der Waals surface area contributed by atoms with Crippen LogP contribution in [0.1, 0.15) is 6.42 Å². The molecular formula is C13H15N3O2S. The lowest BCUT2D eigenvalue weighted by Crippen LogP contribution is -2.43. The van der Waals surface area contributed by atoms with Gasteiger partial charge in [-0.05, 0) is 37.2 Å². The van der Waals surface area contributed by atoms with Crippen LogP contribution in [0.25, 0.3) is 10.2 Å². The summed E-state index contributed by atoms with van der Waals surface area (Å²) in [6, 6.07) is 5.70. The van der Waals surface area contributed by atoms with Crippen molar-refractivity contribution in [2.75, 3.05) is 25.5 Å². The first-order chi connectivity index (χ1) is 9.24. The average Bonchev–Trinajstić information content (AvgIpc) is 2.74. The Bertz CT molecular complexity index is 607. The lowest BCUT2D eigenvalue weighted by atomic mass is 9.99. The van der Waals surface area contributed by atoms with Gasteiger partial charge >= 0.3 is 0 Å². The minimum absolute atomic E-state index is 0.0394. The van der Waals surface area contributed by atoms with Crippen molar-refractivity contribution in [2.24, 2.45) is 5.92 Å². The van der Waals surface area contributed by atoms with Gasteiger partial charge in [-0.25, -0.2) is 4.98 Å². The second-order valence-corrected chi connectivity index (χ2v) is 5.66. The molecule has 0 aliphatic carbocycles. The van der Waals surface area contributed by atoms with Crippen molar-refractivity contribution in [1.29, 1.82) is 0 Å². The molecule has 0 saturated carbocycles. The van der Waals surface area contributed by atoms with E-state index >= 15 is 0 Å². The van der Waals surface area contributed by atoms with Crippen LogP contribution in [0.5, 0.6) is 5.75 Å². The zero-order valence-electron chi connectivity index (χ0n) is 10.6. The molecule has 0 unspecified atom stereocenters. The van der Waals surface area contributed by atoms with E-state index in [-0.39, 0.29) is 5.91 Å². The van der Waals surface area contributed by atoms with Crippen LogP contribution in [-0.4, -0.2) is 31.1 Å². The fourth-order valence-corrected chi connectivity index (χ4v) is 2.92. The number of nitrogens with one attached hydrogen (secondary N) is 2. The van der Waals surface area contributed by atoms with Crippen molar-refractivity contribution >= 4 is 32.6 Å². The fourth-order valence-electron chi connectivity index (χ4n) is 2.01. The molecule has 0 bridgehead atoms. The Morgan fingerprint density at radius 1 is 1.58 bits per heavy atom. The second kappa shape index (κ2) is 5.14. The molecule has 1 aliphatic rings. The predicted molar refractivity (Wildman–Crippen MR) is 75.8 cm³/mol. The monoisotopic (exact) mass is 277 g/mol. The maximum Gasteiger partial charge on any atom is 0.226 e. The highest BCUT2D eigenvalue weighted by atomic mass is 32.1. The zero-order valence-corrected chi connectivity index (χ0v) is 11.4. The number of aromatic nitrogens is 1. The molecule has 5 nitrogen and oxygen atoms in total. The third-order valence-electron chi connectivity index (χ3n) is 3.18. The van der Waals surface area contributed by atoms with Crippen molar-refractivity contribution in [3.8, 4) is 5.75 Å². The Morgan fingerprint density at radius 3 is 3.11 bits per heavy atom. The lowest BCUT2D eigenvalue weighted by Gasteiger charge is -2.25. The molecular weight excluding hydrogens is 262 g/mol. The molecule has 2 N–H and O–H groups in total. The van der Waals surface area contributed by atoms with E-state index in [2.05, 4.69) is 15.6 Å². The number of amides is 1. The third kappa shape index (κ3) is 2.69. The van der Waals surface area contributed by atoms with Crippen LogP contribution in [0.2, 0.25) is 0 Å². The Labute approximate surface area is 115 Å². The van der Waals surface area contributed by atoms with E-state index < -0.39 is 0 Å². The number of fused-ring (bicyclic) bond motifs is 1. The minimum Gasteiger partial charge on any atom is -0.497 e. The quantitative estimate of drug-likeness (QED) is 0.895. The number of nitrogens with zero attached hydrogens (tertiary/aromatic N) is 1. The highest BCUT2D eigenvalue weighted by molar-refractivity contribution is 7.22. The molecule has 1 fully saturated rings. The standard InChI is InChI=1S/C13H15N3O2S/c1-18-9-2-3-10-11(5-9)19-13(15-10)16-12(17)4-8-6-14-7-8/h2-3,5,8,14H,4,6-7H2,1H3,(H,15,16,17). The number of benzene rings is 1. The third-order valence-corrected chi connectivity index (χ3v) is 4.12. The topological polar surface area (TPSA) is 63.2 Å². The Morgan fingerprint density at radius 2 is 2.42 bits per heavy atom. The maximum absolute atomic E-state index is 11.8. The van der Waals surface area contributed by atoms with Crippen LogP contribution >= 0.6 is 11.3 Å². The van der Waals surface area contributed by atoms with E-state index in [1.165, 1.54) is 11.3 Å². The van der Waals surface area contributed by atoms with E-state index in [0.717, 1.165) is 29.1 Å². The summed E-state index contributed by atoms with van der Waals surface area (Å²) >= 11 is 1.47. The van der Waals surface area contributed by atoms with Crippen molar-refractivity contribution in [2.45, 2.75) is 6.42 Å². The van der Waals surface area contributed by atoms with Crippen LogP contribution < -0.4 is 15.4 Å². The Hall–Kier alpha value is -1.66. The van der Waals surface area contributed by atoms with Gasteiger partial charge in [0.15, 0.2) is 5.13 Å². The summed E-state index contributed by atoms with van der Waals surface area (Å²) in [5, 5.41) is 6.68. The summed E-state index contributed by atoms with van der Waals surface area (Å²) in [7, 11) is 1.64. The molecule has 1 aromatic heterocycles. The van der Waals surface area contributed by atoms with Gasteiger partial charge in [-0.1, -0.05) is 11.3 Å². The first-order valence-corrected chi connectivity index (χ1v) is 7.01. The molecule has 19 heavy (non-hydrogen) atoms. The van der Waals surface area contributed by atoms with E-state index in [1.807, 2.05) is 18.2 Å². The molecule has 0 spiro atoms. The number of thiazole rings is 1. The number of hydrogen-bond donors (Lipinski definition) is 2. The lowest BCUT2D eigenvalue weighted by molar-refractivity contribution is -0.117. The fraction of sp³-hybridized carbons (Fsp3) is 0.385. The van der Waals surface area contributed by atoms with E-state index in [0.29, 0.717) is 17.5 Å². The predicted octanol–water partition coefficient (Wildman–Crippen LogP) is 1.85. The number of hydrogen-bond acceptors (Lipinski definition) is 5. The van der Waals surface area contributed by atoms with Gasteiger partial charge in [0, 0.05) is 6.42 Å². The van der Waals surface area contributed by atoms with Crippen molar-refractivity contribution < 1.29 is 9.53 Å². The molecule has 100 valence electrons. The average molecular weight is 277 g/mol. The van der Waals surface area contributed by atoms with Gasteiger partial charge in [0.05, 0.1) is 17.3 Å². The Kier molecular flexibility index (Phi) is 3.35. The molecule has 6 heteroatoms. The number of carbonyl (C=O) groups is 1. The van der Waals surface area contributed by atoms with E-state index in [4.69, 9.17) is 4.74 Å². The second-order valence-electron chi connectivity index (χ2n) is 4.63. The molecule has 1 aromatic carbocycles. The molecule has 2 aromatic rings. The largest absolute Gasteiger partial charge is 0.497 e. The summed E-state index contributed by atoms with van der Waals surface area (Å²) in [4.78, 5) is 16.2. The summed E-state index contributed by atoms with van der Waals surface area (Å²) in [5.74, 6) is 1.31. The van der Waals surface area contributed by atoms with Gasteiger partial charge in [0.2, 0.25) is 5.91 Å². The SMILES string of the molecule is COc1ccc2nc(NC(=O)CC3CNC3)sc2c1. The zero-order chi connectivity index (χ0) is 13.2. The molecule has 0 atom stereocenters. The van der Waals surface area contributed by atoms with Crippen LogP contribution in [0.4, 0.5) is 5.13 Å². The smallest absolute Gasteiger partial charge is 0.226 e. The Balaban J connectivity index is 1.71. The van der Waals surface area contributed by atoms with Gasteiger partial charge in [-0.15, -0.1) is 0 Å². The summed E-state index contributed by atoms with van der Waals surface area (Å²) in [6.45, 7) is 1.87. The van der Waals surface area contributed by atoms with Gasteiger partial charge in [-0.2, -0.15) is 0 Å². The molecule has 3 rings (SSSR count). The molecule has 1 aliphatic heterocycles. The minimum atomic E-state index is 0.0394. The normalized spacial score (nSPS) is 15.2. The summed E-state index contributed by atoms with van der Waals surface area (Å²) < 4.78 is 6.19. The van der Waals surface area contributed by atoms with Crippen molar-refractivity contribution in [1.82, 2.24) is 10.3 Å². The first kappa shape index (κ1) is 12.4. The van der Waals surface area contributed by atoms with Gasteiger partial charge < -0.3 is 15.4 Å². The summed E-state index contributed by atoms with van der Waals surface area (Å²) in [5.41, 5.74) is 0.881. The van der Waals surface area contributed by atoms with E-state index in [1.54, 1.807) is 7.11 Å². The molecule has 1 saturated heterocycles. The van der Waals surface area contributed by atoms with Crippen molar-refractivity contribution in [3.63, 3.8) is 0 Å². The number of carbonyl (C=O) groups excluding carboxylic acids is 1. The maximum atomic E-state index is 11.8. The van der Waals surface area contributed by atoms with Crippen LogP contribution in [0, 0.1) is 5.92 Å². The number of rotatable bonds is 4. The number of ether oxygens (including phenoxy) is 1. The van der Waals surface area contributed by atoms with Gasteiger partial charge in [-0.3, -0.25) is 4.79 Å².